The second kappa shape index (κ2) is 8.13. The molecular weight excluding hydrogens is 409 g/mol. The van der Waals surface area contributed by atoms with Gasteiger partial charge in [0, 0.05) is 30.1 Å². The molecule has 1 aliphatic rings. The predicted molar refractivity (Wildman–Crippen MR) is 99.5 cm³/mol. The monoisotopic (exact) mass is 430 g/mol. The molecule has 1 atom stereocenters. The molecule has 2 aromatic heterocycles. The van der Waals surface area contributed by atoms with E-state index in [4.69, 9.17) is 0 Å². The summed E-state index contributed by atoms with van der Waals surface area (Å²) >= 11 is 0. The number of carbonyl (C=O) groups excluding carboxylic acids is 1. The first-order chi connectivity index (χ1) is 13.6. The van der Waals surface area contributed by atoms with Gasteiger partial charge in [0.2, 0.25) is 0 Å². The zero-order chi connectivity index (χ0) is 21.2. The minimum Gasteiger partial charge on any atom is -0.363 e. The maximum Gasteiger partial charge on any atom is 0.433 e. The number of hydrogen-bond donors (Lipinski definition) is 1. The summed E-state index contributed by atoms with van der Waals surface area (Å²) in [6.07, 6.45) is -0.899. The molecule has 11 heteroatoms. The molecule has 0 spiro atoms. The number of pyridine rings is 1. The van der Waals surface area contributed by atoms with Crippen LogP contribution in [-0.2, 0) is 17.0 Å². The van der Waals surface area contributed by atoms with Crippen LogP contribution in [0.3, 0.4) is 0 Å². The lowest BCUT2D eigenvalue weighted by atomic mass is 9.86. The lowest BCUT2D eigenvalue weighted by molar-refractivity contribution is -0.141. The van der Waals surface area contributed by atoms with Gasteiger partial charge in [0.05, 0.1) is 15.7 Å². The van der Waals surface area contributed by atoms with Gasteiger partial charge in [-0.25, -0.2) is 4.79 Å². The Balaban J connectivity index is 1.61. The maximum atomic E-state index is 13.0. The highest BCUT2D eigenvalue weighted by molar-refractivity contribution is 7.86. The lowest BCUT2D eigenvalue weighted by Gasteiger charge is -2.39. The molecule has 1 saturated heterocycles. The van der Waals surface area contributed by atoms with Crippen LogP contribution in [0.4, 0.5) is 23.8 Å². The van der Waals surface area contributed by atoms with Gasteiger partial charge in [-0.1, -0.05) is 5.16 Å². The Hall–Kier alpha value is -2.43. The fourth-order valence-corrected chi connectivity index (χ4v) is 4.84. The highest BCUT2D eigenvalue weighted by atomic mass is 32.2. The quantitative estimate of drug-likeness (QED) is 0.794. The van der Waals surface area contributed by atoms with Crippen LogP contribution in [0.15, 0.2) is 40.1 Å². The van der Waals surface area contributed by atoms with Crippen molar-refractivity contribution >= 4 is 22.6 Å². The molecule has 3 rings (SSSR count). The smallest absolute Gasteiger partial charge is 0.363 e. The van der Waals surface area contributed by atoms with Crippen LogP contribution in [0, 0.1) is 5.92 Å². The van der Waals surface area contributed by atoms with E-state index in [9.17, 15) is 22.2 Å². The largest absolute Gasteiger partial charge is 0.433 e. The average Bonchev–Trinajstić information content (AvgIpc) is 3.20. The van der Waals surface area contributed by atoms with Crippen molar-refractivity contribution in [3.8, 4) is 0 Å². The van der Waals surface area contributed by atoms with E-state index in [2.05, 4.69) is 20.0 Å². The van der Waals surface area contributed by atoms with E-state index in [1.54, 1.807) is 4.90 Å². The molecule has 1 aliphatic heterocycles. The van der Waals surface area contributed by atoms with Gasteiger partial charge < -0.3 is 9.42 Å². The molecule has 1 N–H and O–H groups in total. The Morgan fingerprint density at radius 2 is 1.93 bits per heavy atom. The highest BCUT2D eigenvalue weighted by Crippen LogP contribution is 2.36. The number of aromatic nitrogens is 2. The average molecular weight is 430 g/mol. The summed E-state index contributed by atoms with van der Waals surface area (Å²) in [6.45, 7) is 4.60. The number of halogens is 3. The topological polar surface area (TPSA) is 88.3 Å². The van der Waals surface area contributed by atoms with E-state index < -0.39 is 27.4 Å². The summed E-state index contributed by atoms with van der Waals surface area (Å²) in [6, 6.07) is 3.31. The van der Waals surface area contributed by atoms with Crippen molar-refractivity contribution in [3.63, 3.8) is 0 Å². The molecule has 0 aromatic carbocycles. The van der Waals surface area contributed by atoms with Crippen LogP contribution in [0.1, 0.15) is 32.4 Å². The first-order valence-electron chi connectivity index (χ1n) is 9.00. The normalized spacial score (nSPS) is 17.2. The van der Waals surface area contributed by atoms with Crippen molar-refractivity contribution in [1.29, 1.82) is 0 Å². The zero-order valence-corrected chi connectivity index (χ0v) is 16.7. The number of piperidine rings is 1. The molecule has 7 nitrogen and oxygen atoms in total. The van der Waals surface area contributed by atoms with Crippen LogP contribution in [0.2, 0.25) is 0 Å². The van der Waals surface area contributed by atoms with Crippen LogP contribution in [0.25, 0.3) is 0 Å². The fraction of sp³-hybridized carbons (Fsp3) is 0.500. The number of hydrogen-bond acceptors (Lipinski definition) is 5. The minimum atomic E-state index is -4.53. The number of amides is 2. The molecule has 0 aliphatic carbocycles. The predicted octanol–water partition coefficient (Wildman–Crippen LogP) is 3.92. The molecule has 1 unspecified atom stereocenters. The van der Waals surface area contributed by atoms with E-state index >= 15 is 0 Å². The Labute approximate surface area is 168 Å². The van der Waals surface area contributed by atoms with Gasteiger partial charge in [0.1, 0.15) is 12.0 Å². The number of alkyl halides is 3. The Bertz CT molecular complexity index is 861. The molecule has 3 heterocycles. The first kappa shape index (κ1) is 21.3. The van der Waals surface area contributed by atoms with Crippen LogP contribution >= 0.6 is 0 Å². The summed E-state index contributed by atoms with van der Waals surface area (Å²) in [5.74, 6) is 0.357. The third-order valence-electron chi connectivity index (χ3n) is 5.16. The van der Waals surface area contributed by atoms with Gasteiger partial charge in [0.15, 0.2) is 5.82 Å². The first-order valence-corrected chi connectivity index (χ1v) is 10.2. The van der Waals surface area contributed by atoms with E-state index in [0.29, 0.717) is 31.7 Å². The lowest BCUT2D eigenvalue weighted by Crippen LogP contribution is -2.47. The van der Waals surface area contributed by atoms with Gasteiger partial charge in [-0.2, -0.15) is 13.2 Å². The number of likely N-dealkylation sites (tertiary alicyclic amines) is 1. The van der Waals surface area contributed by atoms with Gasteiger partial charge in [-0.15, -0.1) is 0 Å². The van der Waals surface area contributed by atoms with E-state index in [-0.39, 0.29) is 16.8 Å². The van der Waals surface area contributed by atoms with E-state index in [0.717, 1.165) is 12.3 Å². The van der Waals surface area contributed by atoms with Crippen molar-refractivity contribution in [2.24, 2.45) is 5.92 Å². The molecule has 158 valence electrons. The molecule has 29 heavy (non-hydrogen) atoms. The summed E-state index contributed by atoms with van der Waals surface area (Å²) in [5, 5.41) is 6.27. The maximum absolute atomic E-state index is 13.0. The second-order valence-electron chi connectivity index (χ2n) is 7.33. The highest BCUT2D eigenvalue weighted by Gasteiger charge is 2.39. The minimum absolute atomic E-state index is 0.0294. The molecule has 1 fully saturated rings. The molecule has 0 radical (unpaired) electrons. The Morgan fingerprint density at radius 3 is 2.45 bits per heavy atom. The van der Waals surface area contributed by atoms with Gasteiger partial charge in [-0.3, -0.25) is 14.5 Å². The number of carbonyl (C=O) groups is 1. The molecule has 0 saturated carbocycles. The molecule has 2 aromatic rings. The van der Waals surface area contributed by atoms with Crippen molar-refractivity contribution in [3.05, 3.63) is 36.4 Å². The van der Waals surface area contributed by atoms with Crippen molar-refractivity contribution in [2.75, 3.05) is 18.4 Å². The molecule has 2 amide bonds. The Kier molecular flexibility index (Phi) is 5.97. The molecular formula is C18H21F3N4O3S. The van der Waals surface area contributed by atoms with Crippen LogP contribution < -0.4 is 5.32 Å². The summed E-state index contributed by atoms with van der Waals surface area (Å²) in [4.78, 5) is 17.6. The number of nitrogens with zero attached hydrogens (tertiary/aromatic N) is 3. The standard InChI is InChI=1S/C18H21F3N4O3S/c1-17(2,29(27)13-3-4-14(22-11-13)18(19,20)21)12-5-8-25(9-6-12)16(26)23-15-7-10-28-24-15/h3-4,7,10-12H,5-6,8-9H2,1-2H3,(H,23,24,26). The number of nitrogens with one attached hydrogen (secondary N) is 1. The van der Waals surface area contributed by atoms with E-state index in [1.165, 1.54) is 18.4 Å². The second-order valence-corrected chi connectivity index (χ2v) is 9.39. The van der Waals surface area contributed by atoms with Crippen LogP contribution in [0.5, 0.6) is 0 Å². The van der Waals surface area contributed by atoms with Crippen LogP contribution in [-0.4, -0.2) is 43.1 Å². The van der Waals surface area contributed by atoms with Gasteiger partial charge in [0.25, 0.3) is 0 Å². The third-order valence-corrected chi connectivity index (χ3v) is 7.12. The summed E-state index contributed by atoms with van der Waals surface area (Å²) < 4.78 is 55.1. The molecule has 0 bridgehead atoms. The SMILES string of the molecule is CC(C)(C1CCN(C(=O)Nc2ccon2)CC1)S(=O)c1ccc(C(F)(F)F)nc1. The zero-order valence-electron chi connectivity index (χ0n) is 15.9. The van der Waals surface area contributed by atoms with Crippen molar-refractivity contribution in [1.82, 2.24) is 15.0 Å². The number of rotatable bonds is 4. The van der Waals surface area contributed by atoms with Crippen molar-refractivity contribution < 1.29 is 26.7 Å². The van der Waals surface area contributed by atoms with Gasteiger partial charge in [-0.05, 0) is 44.7 Å². The summed E-state index contributed by atoms with van der Waals surface area (Å²) in [5.41, 5.74) is -1.01. The number of urea groups is 1. The Morgan fingerprint density at radius 1 is 1.24 bits per heavy atom. The third kappa shape index (κ3) is 4.77. The van der Waals surface area contributed by atoms with Gasteiger partial charge >= 0.3 is 12.2 Å². The fourth-order valence-electron chi connectivity index (χ4n) is 3.36. The summed E-state index contributed by atoms with van der Waals surface area (Å²) in [7, 11) is -1.55. The van der Waals surface area contributed by atoms with Crippen molar-refractivity contribution in [2.45, 2.75) is 42.5 Å². The van der Waals surface area contributed by atoms with E-state index in [1.807, 2.05) is 13.8 Å². The number of anilines is 1.